The van der Waals surface area contributed by atoms with Crippen LogP contribution in [0.25, 0.3) is 10.8 Å². The largest absolute Gasteiger partial charge is 0.484 e. The summed E-state index contributed by atoms with van der Waals surface area (Å²) in [6.07, 6.45) is 1.75. The molecule has 0 bridgehead atoms. The van der Waals surface area contributed by atoms with Crippen LogP contribution in [0, 0.1) is 0 Å². The number of nitrogens with one attached hydrogen (secondary N) is 2. The summed E-state index contributed by atoms with van der Waals surface area (Å²) < 4.78 is 7.90. The van der Waals surface area contributed by atoms with Gasteiger partial charge in [-0.25, -0.2) is 0 Å². The fourth-order valence-corrected chi connectivity index (χ4v) is 2.91. The van der Waals surface area contributed by atoms with Crippen molar-refractivity contribution in [1.82, 2.24) is 15.4 Å². The molecule has 2 aromatic carbocycles. The number of aryl methyl sites for hydroxylation is 1. The van der Waals surface area contributed by atoms with Crippen molar-refractivity contribution in [2.24, 2.45) is 7.05 Å². The fraction of sp³-hybridized carbons (Fsp3) is 0.111. The molecule has 1 aromatic heterocycles. The van der Waals surface area contributed by atoms with E-state index in [9.17, 15) is 9.59 Å². The number of hydrogen-bond donors (Lipinski definition) is 2. The Bertz CT molecular complexity index is 936. The van der Waals surface area contributed by atoms with Crippen molar-refractivity contribution in [1.29, 1.82) is 0 Å². The quantitative estimate of drug-likeness (QED) is 0.660. The first-order valence-corrected chi connectivity index (χ1v) is 8.35. The van der Waals surface area contributed by atoms with Gasteiger partial charge in [0.25, 0.3) is 11.8 Å². The van der Waals surface area contributed by atoms with Gasteiger partial charge < -0.3 is 9.30 Å². The SMILES string of the molecule is Cn1cc(Br)cc1C(=O)NNC(=O)COc1ccc2ccccc2c1. The van der Waals surface area contributed by atoms with Gasteiger partial charge in [-0.2, -0.15) is 0 Å². The standard InChI is InChI=1S/C18H16BrN3O3/c1-22-10-14(19)9-16(22)18(24)21-20-17(23)11-25-15-7-6-12-4-2-3-5-13(12)8-15/h2-10H,11H2,1H3,(H,20,23)(H,21,24). The highest BCUT2D eigenvalue weighted by Gasteiger charge is 2.12. The van der Waals surface area contributed by atoms with Crippen LogP contribution in [0.5, 0.6) is 5.75 Å². The van der Waals surface area contributed by atoms with Crippen molar-refractivity contribution in [3.63, 3.8) is 0 Å². The molecule has 3 rings (SSSR count). The summed E-state index contributed by atoms with van der Waals surface area (Å²) in [5, 5.41) is 2.13. The topological polar surface area (TPSA) is 72.4 Å². The lowest BCUT2D eigenvalue weighted by Gasteiger charge is -2.09. The van der Waals surface area contributed by atoms with Crippen LogP contribution in [-0.2, 0) is 11.8 Å². The van der Waals surface area contributed by atoms with E-state index < -0.39 is 11.8 Å². The first-order valence-electron chi connectivity index (χ1n) is 7.55. The van der Waals surface area contributed by atoms with Gasteiger partial charge in [0, 0.05) is 17.7 Å². The number of carbonyl (C=O) groups excluding carboxylic acids is 2. The zero-order valence-electron chi connectivity index (χ0n) is 13.5. The van der Waals surface area contributed by atoms with E-state index in [1.165, 1.54) is 0 Å². The number of ether oxygens (including phenoxy) is 1. The number of rotatable bonds is 4. The molecule has 0 radical (unpaired) electrons. The molecule has 7 heteroatoms. The molecule has 0 aliphatic rings. The van der Waals surface area contributed by atoms with Crippen LogP contribution < -0.4 is 15.6 Å². The predicted molar refractivity (Wildman–Crippen MR) is 98.2 cm³/mol. The summed E-state index contributed by atoms with van der Waals surface area (Å²) >= 11 is 3.29. The second-order valence-corrected chi connectivity index (χ2v) is 6.37. The zero-order chi connectivity index (χ0) is 17.8. The lowest BCUT2D eigenvalue weighted by molar-refractivity contribution is -0.123. The van der Waals surface area contributed by atoms with Crippen LogP contribution in [0.4, 0.5) is 0 Å². The Hall–Kier alpha value is -2.80. The molecule has 2 N–H and O–H groups in total. The molecular formula is C18H16BrN3O3. The highest BCUT2D eigenvalue weighted by atomic mass is 79.9. The Kier molecular flexibility index (Phi) is 5.04. The Balaban J connectivity index is 1.52. The average Bonchev–Trinajstić information content (AvgIpc) is 2.96. The second kappa shape index (κ2) is 7.40. The Morgan fingerprint density at radius 1 is 1.08 bits per heavy atom. The summed E-state index contributed by atoms with van der Waals surface area (Å²) in [6, 6.07) is 15.1. The molecule has 25 heavy (non-hydrogen) atoms. The molecule has 0 unspecified atom stereocenters. The molecule has 1 heterocycles. The van der Waals surface area contributed by atoms with Crippen molar-refractivity contribution in [3.05, 3.63) is 64.9 Å². The third-order valence-corrected chi connectivity index (χ3v) is 4.04. The number of hydrogen-bond acceptors (Lipinski definition) is 3. The smallest absolute Gasteiger partial charge is 0.286 e. The molecule has 0 aliphatic heterocycles. The molecule has 0 spiro atoms. The van der Waals surface area contributed by atoms with E-state index in [1.807, 2.05) is 36.4 Å². The zero-order valence-corrected chi connectivity index (χ0v) is 15.0. The third-order valence-electron chi connectivity index (χ3n) is 3.61. The van der Waals surface area contributed by atoms with Crippen molar-refractivity contribution in [2.75, 3.05) is 6.61 Å². The highest BCUT2D eigenvalue weighted by Crippen LogP contribution is 2.20. The molecular weight excluding hydrogens is 386 g/mol. The summed E-state index contributed by atoms with van der Waals surface area (Å²) in [5.74, 6) is -0.270. The average molecular weight is 402 g/mol. The Morgan fingerprint density at radius 3 is 2.56 bits per heavy atom. The number of halogens is 1. The first-order chi connectivity index (χ1) is 12.0. The number of hydrazine groups is 1. The minimum absolute atomic E-state index is 0.199. The van der Waals surface area contributed by atoms with E-state index in [1.54, 1.807) is 29.9 Å². The lowest BCUT2D eigenvalue weighted by atomic mass is 10.1. The molecule has 0 atom stereocenters. The number of fused-ring (bicyclic) bond motifs is 1. The van der Waals surface area contributed by atoms with E-state index in [0.29, 0.717) is 11.4 Å². The molecule has 0 saturated carbocycles. The van der Waals surface area contributed by atoms with Gasteiger partial charge in [0.1, 0.15) is 11.4 Å². The van der Waals surface area contributed by atoms with Gasteiger partial charge in [-0.3, -0.25) is 20.4 Å². The van der Waals surface area contributed by atoms with Crippen LogP contribution in [0.15, 0.2) is 59.2 Å². The highest BCUT2D eigenvalue weighted by molar-refractivity contribution is 9.10. The van der Waals surface area contributed by atoms with Gasteiger partial charge in [0.05, 0.1) is 0 Å². The van der Waals surface area contributed by atoms with Crippen LogP contribution >= 0.6 is 15.9 Å². The van der Waals surface area contributed by atoms with E-state index in [2.05, 4.69) is 26.8 Å². The van der Waals surface area contributed by atoms with E-state index >= 15 is 0 Å². The summed E-state index contributed by atoms with van der Waals surface area (Å²) in [4.78, 5) is 23.8. The van der Waals surface area contributed by atoms with Crippen molar-refractivity contribution in [2.45, 2.75) is 0 Å². The maximum atomic E-state index is 12.0. The third kappa shape index (κ3) is 4.19. The van der Waals surface area contributed by atoms with Gasteiger partial charge in [0.2, 0.25) is 0 Å². The monoisotopic (exact) mass is 401 g/mol. The molecule has 0 fully saturated rings. The first kappa shape index (κ1) is 17.0. The molecule has 3 aromatic rings. The summed E-state index contributed by atoms with van der Waals surface area (Å²) in [6.45, 7) is -0.199. The molecule has 6 nitrogen and oxygen atoms in total. The van der Waals surface area contributed by atoms with E-state index in [-0.39, 0.29) is 6.61 Å². The number of carbonyl (C=O) groups is 2. The minimum atomic E-state index is -0.449. The van der Waals surface area contributed by atoms with Gasteiger partial charge in [-0.05, 0) is 44.9 Å². The van der Waals surface area contributed by atoms with Crippen molar-refractivity contribution in [3.8, 4) is 5.75 Å². The van der Waals surface area contributed by atoms with E-state index in [0.717, 1.165) is 15.2 Å². The minimum Gasteiger partial charge on any atom is -0.484 e. The van der Waals surface area contributed by atoms with Gasteiger partial charge in [0.15, 0.2) is 6.61 Å². The Morgan fingerprint density at radius 2 is 1.84 bits per heavy atom. The number of benzene rings is 2. The van der Waals surface area contributed by atoms with Gasteiger partial charge >= 0.3 is 0 Å². The molecule has 128 valence electrons. The van der Waals surface area contributed by atoms with Gasteiger partial charge in [-0.15, -0.1) is 0 Å². The molecule has 2 amide bonds. The number of aromatic nitrogens is 1. The van der Waals surface area contributed by atoms with Crippen LogP contribution in [-0.4, -0.2) is 23.0 Å². The molecule has 0 saturated heterocycles. The van der Waals surface area contributed by atoms with E-state index in [4.69, 9.17) is 4.74 Å². The normalized spacial score (nSPS) is 10.5. The second-order valence-electron chi connectivity index (χ2n) is 5.45. The van der Waals surface area contributed by atoms with Crippen LogP contribution in [0.3, 0.4) is 0 Å². The summed E-state index contributed by atoms with van der Waals surface area (Å²) in [7, 11) is 1.74. The predicted octanol–water partition coefficient (Wildman–Crippen LogP) is 2.78. The van der Waals surface area contributed by atoms with Crippen LogP contribution in [0.1, 0.15) is 10.5 Å². The van der Waals surface area contributed by atoms with Crippen molar-refractivity contribution >= 4 is 38.5 Å². The fourth-order valence-electron chi connectivity index (χ4n) is 2.38. The van der Waals surface area contributed by atoms with Crippen LogP contribution in [0.2, 0.25) is 0 Å². The molecule has 0 aliphatic carbocycles. The lowest BCUT2D eigenvalue weighted by Crippen LogP contribution is -2.44. The maximum Gasteiger partial charge on any atom is 0.286 e. The van der Waals surface area contributed by atoms with Gasteiger partial charge in [-0.1, -0.05) is 30.3 Å². The number of amides is 2. The maximum absolute atomic E-state index is 12.0. The summed E-state index contributed by atoms with van der Waals surface area (Å²) in [5.41, 5.74) is 5.11. The van der Waals surface area contributed by atoms with Crippen molar-refractivity contribution < 1.29 is 14.3 Å². The Labute approximate surface area is 152 Å². The number of nitrogens with zero attached hydrogens (tertiary/aromatic N) is 1.